The van der Waals surface area contributed by atoms with Crippen molar-refractivity contribution in [3.63, 3.8) is 0 Å². The van der Waals surface area contributed by atoms with Gasteiger partial charge in [-0.3, -0.25) is 9.89 Å². The molecule has 3 rings (SSSR count). The lowest BCUT2D eigenvalue weighted by Crippen LogP contribution is -2.14. The highest BCUT2D eigenvalue weighted by Crippen LogP contribution is 2.22. The molecule has 0 fully saturated rings. The smallest absolute Gasteiger partial charge is 0.387 e. The fourth-order valence-electron chi connectivity index (χ4n) is 2.09. The van der Waals surface area contributed by atoms with Crippen molar-refractivity contribution in [2.75, 3.05) is 11.1 Å². The van der Waals surface area contributed by atoms with Gasteiger partial charge in [0.05, 0.1) is 5.75 Å². The van der Waals surface area contributed by atoms with E-state index in [0.717, 1.165) is 17.3 Å². The Morgan fingerprint density at radius 1 is 1.19 bits per heavy atom. The van der Waals surface area contributed by atoms with Gasteiger partial charge in [0.1, 0.15) is 5.75 Å². The van der Waals surface area contributed by atoms with Crippen LogP contribution in [-0.2, 0) is 4.79 Å². The molecule has 10 heteroatoms. The molecule has 0 saturated heterocycles. The van der Waals surface area contributed by atoms with Crippen LogP contribution in [0.1, 0.15) is 0 Å². The number of H-pyrrole nitrogens is 1. The molecule has 0 atom stereocenters. The molecular formula is C17H13ClF2N4O2S. The first-order valence-corrected chi connectivity index (χ1v) is 9.02. The van der Waals surface area contributed by atoms with Gasteiger partial charge in [0.25, 0.3) is 0 Å². The second-order valence-corrected chi connectivity index (χ2v) is 6.59. The Balaban J connectivity index is 1.51. The molecule has 0 aliphatic heterocycles. The molecule has 140 valence electrons. The molecule has 0 aliphatic carbocycles. The van der Waals surface area contributed by atoms with E-state index in [1.807, 2.05) is 12.1 Å². The van der Waals surface area contributed by atoms with Gasteiger partial charge in [0.2, 0.25) is 11.1 Å². The minimum absolute atomic E-state index is 0.0211. The number of nitrogens with zero attached hydrogens (tertiary/aromatic N) is 2. The third-order valence-electron chi connectivity index (χ3n) is 3.28. The molecule has 0 spiro atoms. The Kier molecular flexibility index (Phi) is 6.25. The average molecular weight is 411 g/mol. The van der Waals surface area contributed by atoms with E-state index in [9.17, 15) is 13.6 Å². The molecule has 0 aliphatic rings. The lowest BCUT2D eigenvalue weighted by atomic mass is 10.2. The van der Waals surface area contributed by atoms with Gasteiger partial charge in [-0.05, 0) is 48.5 Å². The van der Waals surface area contributed by atoms with E-state index in [1.165, 1.54) is 24.3 Å². The molecule has 2 N–H and O–H groups in total. The third kappa shape index (κ3) is 5.66. The van der Waals surface area contributed by atoms with Crippen LogP contribution in [-0.4, -0.2) is 33.5 Å². The topological polar surface area (TPSA) is 79.9 Å². The van der Waals surface area contributed by atoms with Gasteiger partial charge < -0.3 is 10.1 Å². The zero-order valence-corrected chi connectivity index (χ0v) is 15.2. The zero-order valence-electron chi connectivity index (χ0n) is 13.7. The van der Waals surface area contributed by atoms with Crippen molar-refractivity contribution in [3.8, 4) is 17.1 Å². The maximum Gasteiger partial charge on any atom is 0.387 e. The third-order valence-corrected chi connectivity index (χ3v) is 4.38. The van der Waals surface area contributed by atoms with Gasteiger partial charge in [-0.1, -0.05) is 23.4 Å². The first-order valence-electron chi connectivity index (χ1n) is 7.65. The Morgan fingerprint density at radius 3 is 2.56 bits per heavy atom. The van der Waals surface area contributed by atoms with Crippen LogP contribution in [0.5, 0.6) is 5.75 Å². The number of aromatic nitrogens is 3. The number of amides is 1. The summed E-state index contributed by atoms with van der Waals surface area (Å²) in [5, 5.41) is 10.6. The summed E-state index contributed by atoms with van der Waals surface area (Å²) < 4.78 is 28.5. The van der Waals surface area contributed by atoms with Crippen LogP contribution in [0.3, 0.4) is 0 Å². The largest absolute Gasteiger partial charge is 0.435 e. The lowest BCUT2D eigenvalue weighted by molar-refractivity contribution is -0.113. The van der Waals surface area contributed by atoms with Crippen LogP contribution in [0.4, 0.5) is 14.5 Å². The number of nitrogens with one attached hydrogen (secondary N) is 2. The molecule has 1 heterocycles. The van der Waals surface area contributed by atoms with Crippen molar-refractivity contribution in [1.29, 1.82) is 0 Å². The van der Waals surface area contributed by atoms with E-state index in [-0.39, 0.29) is 17.4 Å². The molecular weight excluding hydrogens is 398 g/mol. The predicted octanol–water partition coefficient (Wildman–Crippen LogP) is 4.46. The van der Waals surface area contributed by atoms with Crippen molar-refractivity contribution in [2.24, 2.45) is 0 Å². The molecule has 0 saturated carbocycles. The second-order valence-electron chi connectivity index (χ2n) is 5.21. The molecule has 2 aromatic carbocycles. The Morgan fingerprint density at radius 2 is 1.89 bits per heavy atom. The van der Waals surface area contributed by atoms with E-state index in [0.29, 0.717) is 21.7 Å². The Bertz CT molecular complexity index is 904. The van der Waals surface area contributed by atoms with Gasteiger partial charge in [-0.2, -0.15) is 8.78 Å². The number of hydrogen-bond donors (Lipinski definition) is 2. The first-order chi connectivity index (χ1) is 13.0. The van der Waals surface area contributed by atoms with E-state index in [4.69, 9.17) is 11.6 Å². The Hall–Kier alpha value is -2.65. The maximum atomic E-state index is 12.1. The van der Waals surface area contributed by atoms with Crippen LogP contribution < -0.4 is 10.1 Å². The summed E-state index contributed by atoms with van der Waals surface area (Å²) >= 11 is 7.01. The quantitative estimate of drug-likeness (QED) is 0.562. The molecule has 6 nitrogen and oxygen atoms in total. The number of rotatable bonds is 7. The second kappa shape index (κ2) is 8.83. The number of hydrogen-bond acceptors (Lipinski definition) is 5. The molecule has 0 unspecified atom stereocenters. The van der Waals surface area contributed by atoms with E-state index >= 15 is 0 Å². The van der Waals surface area contributed by atoms with E-state index in [1.54, 1.807) is 12.1 Å². The average Bonchev–Trinajstić information content (AvgIpc) is 3.11. The lowest BCUT2D eigenvalue weighted by Gasteiger charge is -2.07. The van der Waals surface area contributed by atoms with Crippen molar-refractivity contribution in [3.05, 3.63) is 53.6 Å². The predicted molar refractivity (Wildman–Crippen MR) is 99.3 cm³/mol. The van der Waals surface area contributed by atoms with Crippen molar-refractivity contribution < 1.29 is 18.3 Å². The van der Waals surface area contributed by atoms with Crippen LogP contribution >= 0.6 is 23.4 Å². The van der Waals surface area contributed by atoms with Crippen molar-refractivity contribution >= 4 is 35.0 Å². The summed E-state index contributed by atoms with van der Waals surface area (Å²) in [5.74, 6) is 0.408. The number of thioether (sulfide) groups is 1. The van der Waals surface area contributed by atoms with Gasteiger partial charge in [-0.15, -0.1) is 5.10 Å². The summed E-state index contributed by atoms with van der Waals surface area (Å²) in [5.41, 5.74) is 1.30. The van der Waals surface area contributed by atoms with Gasteiger partial charge in [0, 0.05) is 16.3 Å². The number of alkyl halides is 2. The fraction of sp³-hybridized carbons (Fsp3) is 0.118. The number of aromatic amines is 1. The zero-order chi connectivity index (χ0) is 19.2. The van der Waals surface area contributed by atoms with Crippen LogP contribution in [0.25, 0.3) is 11.4 Å². The minimum Gasteiger partial charge on any atom is -0.435 e. The van der Waals surface area contributed by atoms with Gasteiger partial charge in [0.15, 0.2) is 5.82 Å². The number of halogens is 3. The number of ether oxygens (including phenoxy) is 1. The normalized spacial score (nSPS) is 10.8. The number of benzene rings is 2. The molecule has 0 bridgehead atoms. The highest BCUT2D eigenvalue weighted by atomic mass is 35.5. The number of anilines is 1. The highest BCUT2D eigenvalue weighted by Gasteiger charge is 2.10. The molecule has 1 aromatic heterocycles. The first kappa shape index (κ1) is 19.1. The minimum atomic E-state index is -2.89. The molecule has 1 amide bonds. The number of carbonyl (C=O) groups is 1. The van der Waals surface area contributed by atoms with Crippen LogP contribution in [0.2, 0.25) is 5.02 Å². The van der Waals surface area contributed by atoms with E-state index < -0.39 is 6.61 Å². The maximum absolute atomic E-state index is 12.1. The standard InChI is InChI=1S/C17H13ClF2N4O2S/c18-11-3-1-10(2-4-11)15-22-17(24-23-15)27-9-14(25)21-12-5-7-13(8-6-12)26-16(19)20/h1-8,16H,9H2,(H,21,25)(H,22,23,24). The summed E-state index contributed by atoms with van der Waals surface area (Å²) in [6, 6.07) is 12.8. The molecule has 3 aromatic rings. The fourth-order valence-corrected chi connectivity index (χ4v) is 2.82. The van der Waals surface area contributed by atoms with Crippen LogP contribution in [0.15, 0.2) is 53.7 Å². The Labute approximate surface area is 162 Å². The highest BCUT2D eigenvalue weighted by molar-refractivity contribution is 7.99. The monoisotopic (exact) mass is 410 g/mol. The van der Waals surface area contributed by atoms with E-state index in [2.05, 4.69) is 25.2 Å². The van der Waals surface area contributed by atoms with Crippen molar-refractivity contribution in [2.45, 2.75) is 11.8 Å². The summed E-state index contributed by atoms with van der Waals surface area (Å²) in [7, 11) is 0. The SMILES string of the molecule is O=C(CSc1n[nH]c(-c2ccc(Cl)cc2)n1)Nc1ccc(OC(F)F)cc1. The van der Waals surface area contributed by atoms with Gasteiger partial charge >= 0.3 is 6.61 Å². The van der Waals surface area contributed by atoms with Gasteiger partial charge in [-0.25, -0.2) is 4.98 Å². The summed E-state index contributed by atoms with van der Waals surface area (Å²) in [6.45, 7) is -2.89. The summed E-state index contributed by atoms with van der Waals surface area (Å²) in [6.07, 6.45) is 0. The number of carbonyl (C=O) groups excluding carboxylic acids is 1. The summed E-state index contributed by atoms with van der Waals surface area (Å²) in [4.78, 5) is 16.3. The molecule has 27 heavy (non-hydrogen) atoms. The molecule has 0 radical (unpaired) electrons. The van der Waals surface area contributed by atoms with Crippen molar-refractivity contribution in [1.82, 2.24) is 15.2 Å². The van der Waals surface area contributed by atoms with Crippen LogP contribution in [0, 0.1) is 0 Å².